The van der Waals surface area contributed by atoms with Gasteiger partial charge in [-0.25, -0.2) is 9.78 Å². The summed E-state index contributed by atoms with van der Waals surface area (Å²) in [5.41, 5.74) is 5.36. The summed E-state index contributed by atoms with van der Waals surface area (Å²) in [6.07, 6.45) is -4.98. The van der Waals surface area contributed by atoms with E-state index in [-0.39, 0.29) is 5.82 Å². The van der Waals surface area contributed by atoms with Gasteiger partial charge in [-0.1, -0.05) is 0 Å². The van der Waals surface area contributed by atoms with Crippen LogP contribution >= 0.6 is 0 Å². The Hall–Kier alpha value is -2.74. The van der Waals surface area contributed by atoms with E-state index in [2.05, 4.69) is 4.98 Å². The number of aliphatic hydroxyl groups is 3. The summed E-state index contributed by atoms with van der Waals surface area (Å²) < 4.78 is 6.29. The molecule has 2 unspecified atom stereocenters. The Morgan fingerprint density at radius 3 is 2.46 bits per heavy atom. The maximum absolute atomic E-state index is 12.1. The van der Waals surface area contributed by atoms with Crippen molar-refractivity contribution in [1.29, 1.82) is 0 Å². The lowest BCUT2D eigenvalue weighted by molar-refractivity contribution is -0.145. The minimum Gasteiger partial charge on any atom is -0.481 e. The summed E-state index contributed by atoms with van der Waals surface area (Å²) in [5, 5.41) is 48.4. The van der Waals surface area contributed by atoms with Gasteiger partial charge in [0.25, 0.3) is 5.91 Å². The van der Waals surface area contributed by atoms with Gasteiger partial charge in [0.2, 0.25) is 0 Å². The molecule has 1 aromatic rings. The van der Waals surface area contributed by atoms with E-state index in [9.17, 15) is 24.6 Å². The summed E-state index contributed by atoms with van der Waals surface area (Å²) in [4.78, 5) is 37.5. The molecule has 0 spiro atoms. The van der Waals surface area contributed by atoms with Crippen LogP contribution in [-0.4, -0.2) is 83.9 Å². The summed E-state index contributed by atoms with van der Waals surface area (Å²) in [6.45, 7) is -0.563. The number of aliphatic carboxylic acids is 2. The molecule has 0 aliphatic carbocycles. The molecule has 13 heteroatoms. The zero-order chi connectivity index (χ0) is 19.6. The lowest BCUT2D eigenvalue weighted by Gasteiger charge is -2.17. The fourth-order valence-corrected chi connectivity index (χ4v) is 2.46. The van der Waals surface area contributed by atoms with Crippen molar-refractivity contribution >= 4 is 23.7 Å². The number of amides is 1. The van der Waals surface area contributed by atoms with E-state index in [4.69, 9.17) is 25.8 Å². The standard InChI is InChI=1S/C13H18N4O9/c14-10-7(11(23)16-4(13(24)25)1-6(19)20)15-3-17(10)12-9(22)8(21)5(2-18)26-12/h3-5,8-9,12,18,21-22H,1-2,14H2,(H,16,23)(H,19,20)(H,24,25)/t4?,5-,8+,9?,12-/m1/s1. The van der Waals surface area contributed by atoms with Crippen LogP contribution in [0.1, 0.15) is 23.1 Å². The zero-order valence-corrected chi connectivity index (χ0v) is 13.2. The Balaban J connectivity index is 2.19. The topological polar surface area (TPSA) is 217 Å². The third-order valence-electron chi connectivity index (χ3n) is 3.82. The first kappa shape index (κ1) is 19.6. The van der Waals surface area contributed by atoms with Crippen LogP contribution in [0.5, 0.6) is 0 Å². The van der Waals surface area contributed by atoms with Crippen molar-refractivity contribution in [2.45, 2.75) is 37.0 Å². The second-order valence-electron chi connectivity index (χ2n) is 5.58. The molecule has 1 amide bonds. The van der Waals surface area contributed by atoms with Crippen molar-refractivity contribution in [1.82, 2.24) is 14.9 Å². The number of nitrogens with zero attached hydrogens (tertiary/aromatic N) is 2. The van der Waals surface area contributed by atoms with Gasteiger partial charge in [0, 0.05) is 0 Å². The number of aromatic nitrogens is 2. The summed E-state index contributed by atoms with van der Waals surface area (Å²) in [7, 11) is 0. The van der Waals surface area contributed by atoms with Crippen LogP contribution in [0, 0.1) is 0 Å². The molecule has 1 aromatic heterocycles. The third kappa shape index (κ3) is 3.75. The number of hydrogen-bond acceptors (Lipinski definition) is 9. The monoisotopic (exact) mass is 374 g/mol. The number of nitrogens with two attached hydrogens (primary N) is 1. The average molecular weight is 374 g/mol. The van der Waals surface area contributed by atoms with Crippen LogP contribution in [0.15, 0.2) is 6.33 Å². The molecular weight excluding hydrogens is 356 g/mol. The fraction of sp³-hybridized carbons (Fsp3) is 0.538. The molecule has 1 saturated heterocycles. The van der Waals surface area contributed by atoms with E-state index < -0.39 is 67.1 Å². The summed E-state index contributed by atoms with van der Waals surface area (Å²) >= 11 is 0. The Labute approximate surface area is 145 Å². The molecule has 8 N–H and O–H groups in total. The van der Waals surface area contributed by atoms with Crippen molar-refractivity contribution in [3.05, 3.63) is 12.0 Å². The largest absolute Gasteiger partial charge is 0.481 e. The van der Waals surface area contributed by atoms with E-state index in [1.165, 1.54) is 0 Å². The lowest BCUT2D eigenvalue weighted by atomic mass is 10.1. The number of rotatable bonds is 7. The fourth-order valence-electron chi connectivity index (χ4n) is 2.46. The molecule has 13 nitrogen and oxygen atoms in total. The second kappa shape index (κ2) is 7.65. The number of carbonyl (C=O) groups excluding carboxylic acids is 1. The number of anilines is 1. The maximum Gasteiger partial charge on any atom is 0.326 e. The van der Waals surface area contributed by atoms with Gasteiger partial charge in [0.1, 0.15) is 30.2 Å². The molecule has 1 fully saturated rings. The minimum absolute atomic E-state index is 0.309. The van der Waals surface area contributed by atoms with Gasteiger partial charge in [0.05, 0.1) is 19.4 Å². The normalized spacial score (nSPS) is 26.4. The molecule has 2 heterocycles. The van der Waals surface area contributed by atoms with Crippen molar-refractivity contribution in [2.24, 2.45) is 0 Å². The zero-order valence-electron chi connectivity index (χ0n) is 13.2. The molecule has 1 aliphatic heterocycles. The Morgan fingerprint density at radius 2 is 1.96 bits per heavy atom. The number of nitrogens with one attached hydrogen (secondary N) is 1. The van der Waals surface area contributed by atoms with Gasteiger partial charge >= 0.3 is 11.9 Å². The Kier molecular flexibility index (Phi) is 5.76. The number of carboxylic acid groups (broad SMARTS) is 2. The number of imidazole rings is 1. The van der Waals surface area contributed by atoms with Crippen LogP contribution in [-0.2, 0) is 14.3 Å². The van der Waals surface area contributed by atoms with Crippen LogP contribution in [0.4, 0.5) is 5.82 Å². The first-order valence-corrected chi connectivity index (χ1v) is 7.37. The molecule has 5 atom stereocenters. The lowest BCUT2D eigenvalue weighted by Crippen LogP contribution is -2.42. The predicted octanol–water partition coefficient (Wildman–Crippen LogP) is -3.27. The number of aliphatic hydroxyl groups excluding tert-OH is 3. The van der Waals surface area contributed by atoms with Gasteiger partial charge in [0.15, 0.2) is 11.9 Å². The first-order valence-electron chi connectivity index (χ1n) is 7.37. The van der Waals surface area contributed by atoms with E-state index in [0.717, 1.165) is 10.9 Å². The molecular formula is C13H18N4O9. The highest BCUT2D eigenvalue weighted by Gasteiger charge is 2.44. The molecule has 144 valence electrons. The van der Waals surface area contributed by atoms with Crippen molar-refractivity contribution < 1.29 is 44.7 Å². The number of hydrogen-bond donors (Lipinski definition) is 7. The van der Waals surface area contributed by atoms with Crippen LogP contribution < -0.4 is 11.1 Å². The number of carboxylic acids is 2. The van der Waals surface area contributed by atoms with Crippen molar-refractivity contribution in [3.8, 4) is 0 Å². The highest BCUT2D eigenvalue weighted by Crippen LogP contribution is 2.31. The first-order chi connectivity index (χ1) is 12.2. The average Bonchev–Trinajstić information content (AvgIpc) is 3.07. The minimum atomic E-state index is -1.70. The Bertz CT molecular complexity index is 706. The quantitative estimate of drug-likeness (QED) is 0.251. The Morgan fingerprint density at radius 1 is 1.31 bits per heavy atom. The molecule has 0 bridgehead atoms. The molecule has 0 saturated carbocycles. The van der Waals surface area contributed by atoms with Gasteiger partial charge in [-0.05, 0) is 0 Å². The molecule has 1 aliphatic rings. The van der Waals surface area contributed by atoms with E-state index in [0.29, 0.717) is 0 Å². The smallest absolute Gasteiger partial charge is 0.326 e. The van der Waals surface area contributed by atoms with Crippen LogP contribution in [0.2, 0.25) is 0 Å². The van der Waals surface area contributed by atoms with Gasteiger partial charge < -0.3 is 41.3 Å². The van der Waals surface area contributed by atoms with Crippen molar-refractivity contribution in [2.75, 3.05) is 12.3 Å². The highest BCUT2D eigenvalue weighted by molar-refractivity contribution is 5.99. The third-order valence-corrected chi connectivity index (χ3v) is 3.82. The van der Waals surface area contributed by atoms with Gasteiger partial charge in [-0.3, -0.25) is 14.2 Å². The molecule has 0 aromatic carbocycles. The maximum atomic E-state index is 12.1. The molecule has 2 rings (SSSR count). The number of nitrogen functional groups attached to an aromatic ring is 1. The molecule has 26 heavy (non-hydrogen) atoms. The number of ether oxygens (including phenoxy) is 1. The van der Waals surface area contributed by atoms with E-state index >= 15 is 0 Å². The predicted molar refractivity (Wildman–Crippen MR) is 80.8 cm³/mol. The second-order valence-corrected chi connectivity index (χ2v) is 5.58. The highest BCUT2D eigenvalue weighted by atomic mass is 16.6. The van der Waals surface area contributed by atoms with Crippen LogP contribution in [0.25, 0.3) is 0 Å². The summed E-state index contributed by atoms with van der Waals surface area (Å²) in [6, 6.07) is -1.70. The van der Waals surface area contributed by atoms with E-state index in [1.54, 1.807) is 0 Å². The number of carbonyl (C=O) groups is 3. The summed E-state index contributed by atoms with van der Waals surface area (Å²) in [5.74, 6) is -4.33. The van der Waals surface area contributed by atoms with Gasteiger partial charge in [-0.2, -0.15) is 0 Å². The van der Waals surface area contributed by atoms with Crippen LogP contribution in [0.3, 0.4) is 0 Å². The van der Waals surface area contributed by atoms with Gasteiger partial charge in [-0.15, -0.1) is 0 Å². The SMILES string of the molecule is Nc1c(C(=O)NC(CC(=O)O)C(=O)O)ncn1[C@@H]1O[C@H](CO)[C@H](O)C1O. The van der Waals surface area contributed by atoms with Crippen molar-refractivity contribution in [3.63, 3.8) is 0 Å². The molecule has 0 radical (unpaired) electrons. The van der Waals surface area contributed by atoms with E-state index in [1.807, 2.05) is 5.32 Å².